The molecule has 2 bridgehead atoms. The van der Waals surface area contributed by atoms with Gasteiger partial charge < -0.3 is 10.2 Å². The van der Waals surface area contributed by atoms with Gasteiger partial charge in [0.2, 0.25) is 0 Å². The number of nitrogens with zero attached hydrogens (tertiary/aromatic N) is 1. The summed E-state index contributed by atoms with van der Waals surface area (Å²) < 4.78 is 0. The molecule has 126 valence electrons. The second-order valence-corrected chi connectivity index (χ2v) is 7.44. The SMILES string of the molecule is CCCCNC(=O)N(Cc1ccc(C)cc1)C1CC2CCC1C2. The summed E-state index contributed by atoms with van der Waals surface area (Å²) in [4.78, 5) is 14.9. The van der Waals surface area contributed by atoms with Gasteiger partial charge in [0.05, 0.1) is 0 Å². The molecule has 0 saturated heterocycles. The van der Waals surface area contributed by atoms with Gasteiger partial charge in [0.1, 0.15) is 0 Å². The number of carbonyl (C=O) groups is 1. The van der Waals surface area contributed by atoms with Gasteiger partial charge in [0.25, 0.3) is 0 Å². The van der Waals surface area contributed by atoms with Crippen molar-refractivity contribution in [3.8, 4) is 0 Å². The third-order valence-corrected chi connectivity index (χ3v) is 5.64. The Morgan fingerprint density at radius 1 is 1.22 bits per heavy atom. The van der Waals surface area contributed by atoms with Gasteiger partial charge in [-0.05, 0) is 50.0 Å². The van der Waals surface area contributed by atoms with Crippen LogP contribution in [0.5, 0.6) is 0 Å². The summed E-state index contributed by atoms with van der Waals surface area (Å²) in [5.74, 6) is 1.58. The number of aryl methyl sites for hydroxylation is 1. The largest absolute Gasteiger partial charge is 0.338 e. The molecule has 2 amide bonds. The van der Waals surface area contributed by atoms with E-state index in [1.165, 1.54) is 36.8 Å². The van der Waals surface area contributed by atoms with E-state index in [1.807, 2.05) is 0 Å². The maximum Gasteiger partial charge on any atom is 0.317 e. The van der Waals surface area contributed by atoms with Crippen molar-refractivity contribution in [1.82, 2.24) is 10.2 Å². The molecule has 3 atom stereocenters. The van der Waals surface area contributed by atoms with Gasteiger partial charge in [0, 0.05) is 19.1 Å². The maximum absolute atomic E-state index is 12.8. The molecule has 0 aromatic heterocycles. The number of nitrogens with one attached hydrogen (secondary N) is 1. The van der Waals surface area contributed by atoms with Crippen molar-refractivity contribution >= 4 is 6.03 Å². The Balaban J connectivity index is 1.70. The van der Waals surface area contributed by atoms with E-state index < -0.39 is 0 Å². The minimum atomic E-state index is 0.136. The second-order valence-electron chi connectivity index (χ2n) is 7.44. The highest BCUT2D eigenvalue weighted by Gasteiger charge is 2.43. The van der Waals surface area contributed by atoms with E-state index >= 15 is 0 Å². The maximum atomic E-state index is 12.8. The van der Waals surface area contributed by atoms with Crippen LogP contribution in [-0.2, 0) is 6.54 Å². The molecule has 3 unspecified atom stereocenters. The average Bonchev–Trinajstić information content (AvgIpc) is 3.17. The molecule has 1 aromatic rings. The third kappa shape index (κ3) is 3.88. The minimum Gasteiger partial charge on any atom is -0.338 e. The number of carbonyl (C=O) groups excluding carboxylic acids is 1. The lowest BCUT2D eigenvalue weighted by Crippen LogP contribution is -2.48. The molecule has 0 heterocycles. The number of rotatable bonds is 6. The monoisotopic (exact) mass is 314 g/mol. The van der Waals surface area contributed by atoms with Crippen molar-refractivity contribution in [3.05, 3.63) is 35.4 Å². The molecule has 23 heavy (non-hydrogen) atoms. The van der Waals surface area contributed by atoms with Crippen molar-refractivity contribution in [2.24, 2.45) is 11.8 Å². The van der Waals surface area contributed by atoms with Crippen molar-refractivity contribution < 1.29 is 4.79 Å². The molecule has 1 aromatic carbocycles. The fraction of sp³-hybridized carbons (Fsp3) is 0.650. The Hall–Kier alpha value is -1.51. The zero-order valence-electron chi connectivity index (χ0n) is 14.6. The number of amides is 2. The molecule has 0 radical (unpaired) electrons. The molecular weight excluding hydrogens is 284 g/mol. The van der Waals surface area contributed by atoms with Gasteiger partial charge in [-0.3, -0.25) is 0 Å². The summed E-state index contributed by atoms with van der Waals surface area (Å²) in [7, 11) is 0. The number of unbranched alkanes of at least 4 members (excludes halogenated alkanes) is 1. The molecule has 3 nitrogen and oxygen atoms in total. The fourth-order valence-corrected chi connectivity index (χ4v) is 4.30. The number of urea groups is 1. The first-order valence-electron chi connectivity index (χ1n) is 9.27. The Labute approximate surface area is 140 Å². The Morgan fingerprint density at radius 2 is 2.00 bits per heavy atom. The molecule has 2 aliphatic rings. The van der Waals surface area contributed by atoms with E-state index in [2.05, 4.69) is 48.3 Å². The van der Waals surface area contributed by atoms with Crippen molar-refractivity contribution in [2.75, 3.05) is 6.54 Å². The lowest BCUT2D eigenvalue weighted by molar-refractivity contribution is 0.143. The molecular formula is C20H30N2O. The van der Waals surface area contributed by atoms with Crippen molar-refractivity contribution in [3.63, 3.8) is 0 Å². The normalized spacial score (nSPS) is 25.6. The smallest absolute Gasteiger partial charge is 0.317 e. The molecule has 3 rings (SSSR count). The number of hydrogen-bond acceptors (Lipinski definition) is 1. The first-order chi connectivity index (χ1) is 11.2. The van der Waals surface area contributed by atoms with Crippen LogP contribution in [0.2, 0.25) is 0 Å². The summed E-state index contributed by atoms with van der Waals surface area (Å²) in [5.41, 5.74) is 2.51. The molecule has 2 aliphatic carbocycles. The predicted octanol–water partition coefficient (Wildman–Crippen LogP) is 4.50. The van der Waals surface area contributed by atoms with E-state index in [1.54, 1.807) is 0 Å². The summed E-state index contributed by atoms with van der Waals surface area (Å²) in [6.07, 6.45) is 7.39. The van der Waals surface area contributed by atoms with E-state index in [-0.39, 0.29) is 6.03 Å². The standard InChI is InChI=1S/C20H30N2O/c1-3-4-11-21-20(23)22(14-16-7-5-15(2)6-8-16)19-13-17-9-10-18(19)12-17/h5-8,17-19H,3-4,9-14H2,1-2H3,(H,21,23). The van der Waals surface area contributed by atoms with Crippen LogP contribution in [0.3, 0.4) is 0 Å². The topological polar surface area (TPSA) is 32.3 Å². The minimum absolute atomic E-state index is 0.136. The quantitative estimate of drug-likeness (QED) is 0.771. The zero-order valence-corrected chi connectivity index (χ0v) is 14.6. The van der Waals surface area contributed by atoms with E-state index in [0.29, 0.717) is 6.04 Å². The van der Waals surface area contributed by atoms with Gasteiger partial charge in [0.15, 0.2) is 0 Å². The van der Waals surface area contributed by atoms with Gasteiger partial charge in [-0.1, -0.05) is 49.6 Å². The van der Waals surface area contributed by atoms with Crippen LogP contribution in [0, 0.1) is 18.8 Å². The highest BCUT2D eigenvalue weighted by Crippen LogP contribution is 2.46. The Morgan fingerprint density at radius 3 is 2.61 bits per heavy atom. The summed E-state index contributed by atoms with van der Waals surface area (Å²) in [6.45, 7) is 5.80. The molecule has 0 spiro atoms. The summed E-state index contributed by atoms with van der Waals surface area (Å²) in [6, 6.07) is 9.18. The van der Waals surface area contributed by atoms with Crippen molar-refractivity contribution in [1.29, 1.82) is 0 Å². The van der Waals surface area contributed by atoms with Crippen LogP contribution >= 0.6 is 0 Å². The van der Waals surface area contributed by atoms with Crippen LogP contribution in [0.25, 0.3) is 0 Å². The highest BCUT2D eigenvalue weighted by atomic mass is 16.2. The number of fused-ring (bicyclic) bond motifs is 2. The summed E-state index contributed by atoms with van der Waals surface area (Å²) >= 11 is 0. The highest BCUT2D eigenvalue weighted by molar-refractivity contribution is 5.74. The first kappa shape index (κ1) is 16.4. The Kier molecular flexibility index (Phi) is 5.24. The summed E-state index contributed by atoms with van der Waals surface area (Å²) in [5, 5.41) is 3.14. The van der Waals surface area contributed by atoms with Crippen LogP contribution in [0.4, 0.5) is 4.79 Å². The third-order valence-electron chi connectivity index (χ3n) is 5.64. The second kappa shape index (κ2) is 7.37. The van der Waals surface area contributed by atoms with E-state index in [9.17, 15) is 4.79 Å². The molecule has 0 aliphatic heterocycles. The fourth-order valence-electron chi connectivity index (χ4n) is 4.30. The average molecular weight is 314 g/mol. The van der Waals surface area contributed by atoms with Gasteiger partial charge in [-0.15, -0.1) is 0 Å². The van der Waals surface area contributed by atoms with Crippen molar-refractivity contribution in [2.45, 2.75) is 65.0 Å². The lowest BCUT2D eigenvalue weighted by Gasteiger charge is -2.35. The predicted molar refractivity (Wildman–Crippen MR) is 94.3 cm³/mol. The lowest BCUT2D eigenvalue weighted by atomic mass is 9.93. The molecule has 2 fully saturated rings. The van der Waals surface area contributed by atoms with Crippen LogP contribution in [0.1, 0.15) is 56.6 Å². The molecule has 3 heteroatoms. The van der Waals surface area contributed by atoms with E-state index in [4.69, 9.17) is 0 Å². The zero-order chi connectivity index (χ0) is 16.2. The number of benzene rings is 1. The van der Waals surface area contributed by atoms with Crippen LogP contribution in [-0.4, -0.2) is 23.5 Å². The van der Waals surface area contributed by atoms with E-state index in [0.717, 1.165) is 37.8 Å². The van der Waals surface area contributed by atoms with Gasteiger partial charge in [-0.2, -0.15) is 0 Å². The van der Waals surface area contributed by atoms with Gasteiger partial charge >= 0.3 is 6.03 Å². The molecule has 2 saturated carbocycles. The molecule has 1 N–H and O–H groups in total. The number of hydrogen-bond donors (Lipinski definition) is 1. The van der Waals surface area contributed by atoms with Crippen LogP contribution in [0.15, 0.2) is 24.3 Å². The Bertz CT molecular complexity index is 525. The van der Waals surface area contributed by atoms with Gasteiger partial charge in [-0.25, -0.2) is 4.79 Å². The van der Waals surface area contributed by atoms with Crippen LogP contribution < -0.4 is 5.32 Å². The first-order valence-corrected chi connectivity index (χ1v) is 9.27.